The summed E-state index contributed by atoms with van der Waals surface area (Å²) in [6.07, 6.45) is -3.02. The molecule has 0 saturated carbocycles. The molecule has 2 aliphatic rings. The fourth-order valence-corrected chi connectivity index (χ4v) is 5.10. The number of amides is 3. The number of carbonyl (C=O) groups is 3. The van der Waals surface area contributed by atoms with Gasteiger partial charge in [-0.2, -0.15) is 13.2 Å². The average molecular weight is 591 g/mol. The lowest BCUT2D eigenvalue weighted by atomic mass is 9.93. The first kappa shape index (κ1) is 30.1. The number of piperazine rings is 1. The second kappa shape index (κ2) is 12.8. The number of carbonyl (C=O) groups excluding carboxylic acids is 3. The number of hydrogen-bond donors (Lipinski definition) is 1. The van der Waals surface area contributed by atoms with Gasteiger partial charge in [0.05, 0.1) is 34.4 Å². The number of esters is 1. The van der Waals surface area contributed by atoms with Crippen molar-refractivity contribution in [2.75, 3.05) is 45.9 Å². The minimum Gasteiger partial charge on any atom is -0.463 e. The van der Waals surface area contributed by atoms with Crippen molar-refractivity contribution in [1.29, 1.82) is 0 Å². The van der Waals surface area contributed by atoms with Crippen LogP contribution in [0, 0.1) is 0 Å². The van der Waals surface area contributed by atoms with Crippen molar-refractivity contribution >= 4 is 29.5 Å². The van der Waals surface area contributed by atoms with Crippen LogP contribution in [-0.4, -0.2) is 78.5 Å². The van der Waals surface area contributed by atoms with Crippen LogP contribution in [0.15, 0.2) is 72.5 Å². The highest BCUT2D eigenvalue weighted by atomic mass is 35.5. The van der Waals surface area contributed by atoms with Gasteiger partial charge in [-0.05, 0) is 36.8 Å². The minimum absolute atomic E-state index is 0.0631. The van der Waals surface area contributed by atoms with Gasteiger partial charge in [0.1, 0.15) is 0 Å². The van der Waals surface area contributed by atoms with E-state index in [2.05, 4.69) is 11.9 Å². The Morgan fingerprint density at radius 3 is 2.34 bits per heavy atom. The molecule has 41 heavy (non-hydrogen) atoms. The second-order valence-corrected chi connectivity index (χ2v) is 9.94. The quantitative estimate of drug-likeness (QED) is 0.350. The van der Waals surface area contributed by atoms with Gasteiger partial charge in [-0.1, -0.05) is 41.9 Å². The third-order valence-electron chi connectivity index (χ3n) is 6.95. The summed E-state index contributed by atoms with van der Waals surface area (Å²) in [5.74, 6) is -0.872. The molecule has 1 N–H and O–H groups in total. The van der Waals surface area contributed by atoms with Gasteiger partial charge in [-0.25, -0.2) is 9.59 Å². The van der Waals surface area contributed by atoms with E-state index in [9.17, 15) is 27.6 Å². The normalized spacial score (nSPS) is 18.3. The van der Waals surface area contributed by atoms with Crippen LogP contribution in [0.3, 0.4) is 0 Å². The number of benzene rings is 2. The number of alkyl halides is 3. The fourth-order valence-electron chi connectivity index (χ4n) is 4.89. The first-order valence-electron chi connectivity index (χ1n) is 13.1. The maximum atomic E-state index is 13.3. The standard InChI is InChI=1S/C29H30ClF3N4O4/c1-3-13-37-23(18-35-14-16-36(17-15-35)26(38)21-7-5-6-8-22(21)30)24(27(39)41-4-2)25(34-28(37)40)19-9-11-20(12-10-19)29(31,32)33/h3,5-12,25H,1,4,13-18H2,2H3,(H,34,40). The molecule has 1 unspecified atom stereocenters. The maximum Gasteiger partial charge on any atom is 0.416 e. The molecule has 2 aromatic carbocycles. The van der Waals surface area contributed by atoms with Crippen molar-refractivity contribution in [2.24, 2.45) is 0 Å². The lowest BCUT2D eigenvalue weighted by molar-refractivity contribution is -0.139. The van der Waals surface area contributed by atoms with Crippen LogP contribution in [0.5, 0.6) is 0 Å². The van der Waals surface area contributed by atoms with Gasteiger partial charge in [-0.15, -0.1) is 6.58 Å². The molecular weight excluding hydrogens is 561 g/mol. The monoisotopic (exact) mass is 590 g/mol. The summed E-state index contributed by atoms with van der Waals surface area (Å²) in [6, 6.07) is 9.58. The highest BCUT2D eigenvalue weighted by Gasteiger charge is 2.39. The summed E-state index contributed by atoms with van der Waals surface area (Å²) in [5.41, 5.74) is 0.365. The molecule has 1 fully saturated rings. The molecule has 218 valence electrons. The highest BCUT2D eigenvalue weighted by Crippen LogP contribution is 2.35. The van der Waals surface area contributed by atoms with Crippen molar-refractivity contribution in [3.05, 3.63) is 94.2 Å². The van der Waals surface area contributed by atoms with Gasteiger partial charge in [-0.3, -0.25) is 14.6 Å². The van der Waals surface area contributed by atoms with E-state index in [4.69, 9.17) is 16.3 Å². The Bertz CT molecular complexity index is 1340. The SMILES string of the molecule is C=CCN1C(=O)NC(c2ccc(C(F)(F)F)cc2)C(C(=O)OCC)=C1CN1CCN(C(=O)c2ccccc2Cl)CC1. The number of nitrogens with zero attached hydrogens (tertiary/aromatic N) is 3. The molecule has 0 aliphatic carbocycles. The third kappa shape index (κ3) is 6.74. The molecule has 2 aliphatic heterocycles. The van der Waals surface area contributed by atoms with Crippen LogP contribution in [0.25, 0.3) is 0 Å². The predicted octanol–water partition coefficient (Wildman–Crippen LogP) is 4.89. The van der Waals surface area contributed by atoms with Crippen molar-refractivity contribution in [2.45, 2.75) is 19.1 Å². The van der Waals surface area contributed by atoms with E-state index in [1.165, 1.54) is 23.1 Å². The van der Waals surface area contributed by atoms with E-state index in [1.807, 2.05) is 4.90 Å². The summed E-state index contributed by atoms with van der Waals surface area (Å²) in [5, 5.41) is 3.11. The number of halogens is 4. The van der Waals surface area contributed by atoms with E-state index >= 15 is 0 Å². The van der Waals surface area contributed by atoms with Crippen molar-refractivity contribution in [3.8, 4) is 0 Å². The van der Waals surface area contributed by atoms with E-state index in [0.717, 1.165) is 12.1 Å². The Kier molecular flexibility index (Phi) is 9.39. The van der Waals surface area contributed by atoms with Crippen molar-refractivity contribution in [3.63, 3.8) is 0 Å². The van der Waals surface area contributed by atoms with Crippen LogP contribution < -0.4 is 5.32 Å². The van der Waals surface area contributed by atoms with Crippen LogP contribution in [0.1, 0.15) is 34.5 Å². The average Bonchev–Trinajstić information content (AvgIpc) is 2.94. The molecule has 0 spiro atoms. The third-order valence-corrected chi connectivity index (χ3v) is 7.28. The molecular formula is C29H30ClF3N4O4. The number of urea groups is 1. The number of hydrogen-bond acceptors (Lipinski definition) is 5. The van der Waals surface area contributed by atoms with E-state index in [1.54, 1.807) is 36.1 Å². The first-order valence-corrected chi connectivity index (χ1v) is 13.4. The molecule has 2 aromatic rings. The van der Waals surface area contributed by atoms with Gasteiger partial charge in [0.25, 0.3) is 5.91 Å². The first-order chi connectivity index (χ1) is 19.5. The molecule has 2 heterocycles. The smallest absolute Gasteiger partial charge is 0.416 e. The summed E-state index contributed by atoms with van der Waals surface area (Å²) in [6.45, 7) is 7.36. The molecule has 0 bridgehead atoms. The number of nitrogens with one attached hydrogen (secondary N) is 1. The van der Waals surface area contributed by atoms with Crippen LogP contribution in [-0.2, 0) is 15.7 Å². The maximum absolute atomic E-state index is 13.3. The lowest BCUT2D eigenvalue weighted by Crippen LogP contribution is -2.53. The summed E-state index contributed by atoms with van der Waals surface area (Å²) in [7, 11) is 0. The zero-order valence-corrected chi connectivity index (χ0v) is 23.2. The van der Waals surface area contributed by atoms with Crippen LogP contribution in [0.4, 0.5) is 18.0 Å². The number of rotatable bonds is 8. The van der Waals surface area contributed by atoms with Crippen molar-refractivity contribution in [1.82, 2.24) is 20.0 Å². The lowest BCUT2D eigenvalue weighted by Gasteiger charge is -2.40. The minimum atomic E-state index is -4.53. The second-order valence-electron chi connectivity index (χ2n) is 9.53. The highest BCUT2D eigenvalue weighted by molar-refractivity contribution is 6.33. The Labute approximate surface area is 241 Å². The predicted molar refractivity (Wildman–Crippen MR) is 147 cm³/mol. The van der Waals surface area contributed by atoms with E-state index in [0.29, 0.717) is 48.0 Å². The summed E-state index contributed by atoms with van der Waals surface area (Å²) in [4.78, 5) is 44.6. The zero-order chi connectivity index (χ0) is 29.7. The van der Waals surface area contributed by atoms with Gasteiger partial charge in [0.2, 0.25) is 0 Å². The summed E-state index contributed by atoms with van der Waals surface area (Å²) < 4.78 is 44.9. The van der Waals surface area contributed by atoms with Crippen LogP contribution in [0.2, 0.25) is 5.02 Å². The molecule has 0 aromatic heterocycles. The molecule has 8 nitrogen and oxygen atoms in total. The topological polar surface area (TPSA) is 82.2 Å². The Hall–Kier alpha value is -3.83. The Morgan fingerprint density at radius 1 is 1.10 bits per heavy atom. The Balaban J connectivity index is 1.64. The van der Waals surface area contributed by atoms with E-state index in [-0.39, 0.29) is 31.2 Å². The molecule has 1 saturated heterocycles. The molecule has 4 rings (SSSR count). The molecule has 1 atom stereocenters. The molecule has 3 amide bonds. The molecule has 0 radical (unpaired) electrons. The van der Waals surface area contributed by atoms with Crippen LogP contribution >= 0.6 is 11.6 Å². The van der Waals surface area contributed by atoms with Gasteiger partial charge in [0, 0.05) is 45.0 Å². The summed E-state index contributed by atoms with van der Waals surface area (Å²) >= 11 is 6.21. The fraction of sp³-hybridized carbons (Fsp3) is 0.345. The number of ether oxygens (including phenoxy) is 1. The van der Waals surface area contributed by atoms with Gasteiger partial charge in [0.15, 0.2) is 0 Å². The zero-order valence-electron chi connectivity index (χ0n) is 22.4. The Morgan fingerprint density at radius 2 is 1.76 bits per heavy atom. The van der Waals surface area contributed by atoms with Gasteiger partial charge < -0.3 is 15.0 Å². The molecule has 12 heteroatoms. The van der Waals surface area contributed by atoms with Crippen molar-refractivity contribution < 1.29 is 32.3 Å². The van der Waals surface area contributed by atoms with Gasteiger partial charge >= 0.3 is 18.2 Å². The largest absolute Gasteiger partial charge is 0.463 e. The van der Waals surface area contributed by atoms with E-state index < -0.39 is 29.8 Å².